The summed E-state index contributed by atoms with van der Waals surface area (Å²) in [5.74, 6) is -4.93. The number of hydrogen-bond donors (Lipinski definition) is 0. The van der Waals surface area contributed by atoms with Crippen LogP contribution in [-0.4, -0.2) is 4.92 Å². The van der Waals surface area contributed by atoms with Gasteiger partial charge in [-0.05, 0) is 0 Å². The molecule has 1 aromatic rings. The number of nitro groups is 1. The molecule has 7 heteroatoms. The molecular weight excluding hydrogens is 201 g/mol. The second kappa shape index (κ2) is 3.33. The van der Waals surface area contributed by atoms with E-state index in [4.69, 9.17) is 5.26 Å². The van der Waals surface area contributed by atoms with Gasteiger partial charge >= 0.3 is 5.69 Å². The summed E-state index contributed by atoms with van der Waals surface area (Å²) in [6.07, 6.45) is 0. The van der Waals surface area contributed by atoms with Crippen LogP contribution in [0, 0.1) is 38.9 Å². The fourth-order valence-corrected chi connectivity index (χ4v) is 0.866. The predicted molar refractivity (Wildman–Crippen MR) is 37.7 cm³/mol. The van der Waals surface area contributed by atoms with E-state index in [1.165, 1.54) is 0 Å². The molecule has 0 spiro atoms. The summed E-state index contributed by atoms with van der Waals surface area (Å²) in [6.45, 7) is 0. The highest BCUT2D eigenvalue weighted by Gasteiger charge is 2.27. The summed E-state index contributed by atoms with van der Waals surface area (Å²) in [5, 5.41) is 18.5. The van der Waals surface area contributed by atoms with Crippen LogP contribution in [0.4, 0.5) is 18.9 Å². The van der Waals surface area contributed by atoms with Crippen molar-refractivity contribution in [2.45, 2.75) is 0 Å². The highest BCUT2D eigenvalue weighted by molar-refractivity contribution is 5.50. The number of nitro benzene ring substituents is 1. The lowest BCUT2D eigenvalue weighted by atomic mass is 10.1. The minimum absolute atomic E-state index is 0.0221. The Balaban J connectivity index is 3.66. The topological polar surface area (TPSA) is 66.9 Å². The third kappa shape index (κ3) is 1.37. The fourth-order valence-electron chi connectivity index (χ4n) is 0.866. The van der Waals surface area contributed by atoms with Gasteiger partial charge in [-0.2, -0.15) is 9.65 Å². The molecule has 0 amide bonds. The molecule has 1 rings (SSSR count). The van der Waals surface area contributed by atoms with Crippen LogP contribution in [0.5, 0.6) is 0 Å². The molecule has 0 heterocycles. The van der Waals surface area contributed by atoms with Crippen LogP contribution in [0.3, 0.4) is 0 Å². The third-order valence-corrected chi connectivity index (χ3v) is 1.44. The molecule has 0 fully saturated rings. The molecule has 0 radical (unpaired) electrons. The van der Waals surface area contributed by atoms with E-state index >= 15 is 0 Å². The van der Waals surface area contributed by atoms with Crippen molar-refractivity contribution in [3.63, 3.8) is 0 Å². The van der Waals surface area contributed by atoms with Crippen LogP contribution in [0.15, 0.2) is 6.07 Å². The number of rotatable bonds is 1. The van der Waals surface area contributed by atoms with Gasteiger partial charge in [-0.15, -0.1) is 0 Å². The molecule has 0 bridgehead atoms. The van der Waals surface area contributed by atoms with E-state index in [1.807, 2.05) is 0 Å². The fraction of sp³-hybridized carbons (Fsp3) is 0. The van der Waals surface area contributed by atoms with E-state index in [2.05, 4.69) is 0 Å². The first-order chi connectivity index (χ1) is 6.49. The van der Waals surface area contributed by atoms with Crippen LogP contribution in [0.25, 0.3) is 0 Å². The van der Waals surface area contributed by atoms with Crippen molar-refractivity contribution in [3.8, 4) is 6.07 Å². The second-order valence-electron chi connectivity index (χ2n) is 2.25. The minimum atomic E-state index is -1.72. The quantitative estimate of drug-likeness (QED) is 0.396. The van der Waals surface area contributed by atoms with Gasteiger partial charge in [-0.3, -0.25) is 10.1 Å². The summed E-state index contributed by atoms with van der Waals surface area (Å²) in [5.41, 5.74) is -2.60. The lowest BCUT2D eigenvalue weighted by Crippen LogP contribution is -2.01. The van der Waals surface area contributed by atoms with Crippen molar-refractivity contribution >= 4 is 5.69 Å². The number of hydrogen-bond acceptors (Lipinski definition) is 3. The first kappa shape index (κ1) is 9.98. The Morgan fingerprint density at radius 2 is 1.93 bits per heavy atom. The zero-order chi connectivity index (χ0) is 10.9. The summed E-state index contributed by atoms with van der Waals surface area (Å²) >= 11 is 0. The summed E-state index contributed by atoms with van der Waals surface area (Å²) in [7, 11) is 0. The first-order valence-corrected chi connectivity index (χ1v) is 3.21. The van der Waals surface area contributed by atoms with Gasteiger partial charge in [0.15, 0.2) is 17.2 Å². The van der Waals surface area contributed by atoms with Crippen molar-refractivity contribution in [2.75, 3.05) is 0 Å². The van der Waals surface area contributed by atoms with Gasteiger partial charge in [0.05, 0.1) is 4.92 Å². The zero-order valence-electron chi connectivity index (χ0n) is 6.42. The zero-order valence-corrected chi connectivity index (χ0v) is 6.42. The van der Waals surface area contributed by atoms with Gasteiger partial charge < -0.3 is 0 Å². The maximum absolute atomic E-state index is 12.7. The molecule has 4 nitrogen and oxygen atoms in total. The summed E-state index contributed by atoms with van der Waals surface area (Å²) in [6, 6.07) is 1.05. The van der Waals surface area contributed by atoms with Gasteiger partial charge in [0, 0.05) is 6.07 Å². The van der Waals surface area contributed by atoms with E-state index in [9.17, 15) is 23.3 Å². The number of benzene rings is 1. The van der Waals surface area contributed by atoms with Gasteiger partial charge in [-0.1, -0.05) is 0 Å². The minimum Gasteiger partial charge on any atom is -0.258 e. The third-order valence-electron chi connectivity index (χ3n) is 1.44. The smallest absolute Gasteiger partial charge is 0.258 e. The molecule has 0 aliphatic heterocycles. The molecule has 0 aromatic heterocycles. The van der Waals surface area contributed by atoms with Gasteiger partial charge in [0.25, 0.3) is 0 Å². The van der Waals surface area contributed by atoms with E-state index in [0.29, 0.717) is 0 Å². The largest absolute Gasteiger partial charge is 0.325 e. The van der Waals surface area contributed by atoms with Crippen LogP contribution in [0.2, 0.25) is 0 Å². The predicted octanol–water partition coefficient (Wildman–Crippen LogP) is 1.88. The lowest BCUT2D eigenvalue weighted by molar-refractivity contribution is -0.388. The molecule has 0 unspecified atom stereocenters. The Kier molecular flexibility index (Phi) is 2.38. The Bertz CT molecular complexity index is 453. The average molecular weight is 202 g/mol. The summed E-state index contributed by atoms with van der Waals surface area (Å²) in [4.78, 5) is 8.91. The normalized spacial score (nSPS) is 9.57. The Labute approximate surface area is 75.3 Å². The van der Waals surface area contributed by atoms with Gasteiger partial charge in [0.1, 0.15) is 6.07 Å². The van der Waals surface area contributed by atoms with Crippen LogP contribution in [-0.2, 0) is 0 Å². The molecule has 0 N–H and O–H groups in total. The Morgan fingerprint density at radius 3 is 2.36 bits per heavy atom. The lowest BCUT2D eigenvalue weighted by Gasteiger charge is -1.98. The van der Waals surface area contributed by atoms with E-state index in [-0.39, 0.29) is 6.07 Å². The maximum Gasteiger partial charge on any atom is 0.325 e. The molecule has 0 saturated carbocycles. The van der Waals surface area contributed by atoms with Crippen molar-refractivity contribution in [3.05, 3.63) is 39.2 Å². The molecule has 1 aromatic carbocycles. The van der Waals surface area contributed by atoms with Crippen molar-refractivity contribution in [1.29, 1.82) is 5.26 Å². The van der Waals surface area contributed by atoms with Crippen LogP contribution >= 0.6 is 0 Å². The van der Waals surface area contributed by atoms with Gasteiger partial charge in [-0.25, -0.2) is 8.78 Å². The van der Waals surface area contributed by atoms with Crippen LogP contribution in [0.1, 0.15) is 5.56 Å². The highest BCUT2D eigenvalue weighted by atomic mass is 19.2. The van der Waals surface area contributed by atoms with E-state index < -0.39 is 33.6 Å². The molecule has 0 saturated heterocycles. The Morgan fingerprint density at radius 1 is 1.36 bits per heavy atom. The van der Waals surface area contributed by atoms with Gasteiger partial charge in [0.2, 0.25) is 5.82 Å². The molecule has 14 heavy (non-hydrogen) atoms. The number of nitriles is 1. The summed E-state index contributed by atoms with van der Waals surface area (Å²) < 4.78 is 37.9. The first-order valence-electron chi connectivity index (χ1n) is 3.21. The van der Waals surface area contributed by atoms with Crippen LogP contribution < -0.4 is 0 Å². The molecule has 0 aliphatic rings. The number of halogens is 3. The van der Waals surface area contributed by atoms with Crippen molar-refractivity contribution in [1.82, 2.24) is 0 Å². The van der Waals surface area contributed by atoms with E-state index in [1.54, 1.807) is 0 Å². The standard InChI is InChI=1S/C7HF3N2O2/c8-4-1-5(9)7(12(13)14)3(2-11)6(4)10/h1H. The van der Waals surface area contributed by atoms with E-state index in [0.717, 1.165) is 6.07 Å². The molecule has 0 atom stereocenters. The second-order valence-corrected chi connectivity index (χ2v) is 2.25. The number of nitrogens with zero attached hydrogens (tertiary/aromatic N) is 2. The van der Waals surface area contributed by atoms with Crippen molar-refractivity contribution in [2.24, 2.45) is 0 Å². The monoisotopic (exact) mass is 202 g/mol. The average Bonchev–Trinajstić information content (AvgIpc) is 2.09. The molecule has 0 aliphatic carbocycles. The highest BCUT2D eigenvalue weighted by Crippen LogP contribution is 2.26. The molecular formula is C7HF3N2O2. The van der Waals surface area contributed by atoms with Crippen molar-refractivity contribution < 1.29 is 18.1 Å². The molecule has 72 valence electrons. The SMILES string of the molecule is N#Cc1c(F)c(F)cc(F)c1[N+](=O)[O-]. The maximum atomic E-state index is 12.7. The Hall–Kier alpha value is -2.10.